The molecule has 0 aromatic carbocycles. The van der Waals surface area contributed by atoms with Crippen LogP contribution in [0.4, 0.5) is 0 Å². The molecule has 2 heterocycles. The van der Waals surface area contributed by atoms with Crippen LogP contribution in [0, 0.1) is 12.8 Å². The van der Waals surface area contributed by atoms with Gasteiger partial charge in [-0.05, 0) is 19.8 Å². The molecule has 1 aliphatic rings. The van der Waals surface area contributed by atoms with Crippen molar-refractivity contribution >= 4 is 5.97 Å². The van der Waals surface area contributed by atoms with E-state index >= 15 is 0 Å². The summed E-state index contributed by atoms with van der Waals surface area (Å²) in [7, 11) is 1.44. The van der Waals surface area contributed by atoms with E-state index < -0.39 is 0 Å². The van der Waals surface area contributed by atoms with Crippen LogP contribution in [0.3, 0.4) is 0 Å². The van der Waals surface area contributed by atoms with E-state index in [1.165, 1.54) is 7.11 Å². The van der Waals surface area contributed by atoms with Crippen LogP contribution in [0.15, 0.2) is 0 Å². The molecule has 0 amide bonds. The molecule has 1 aromatic heterocycles. The largest absolute Gasteiger partial charge is 0.469 e. The number of carbonyl (C=O) groups is 1. The first-order valence-electron chi connectivity index (χ1n) is 5.19. The smallest absolute Gasteiger partial charge is 0.308 e. The van der Waals surface area contributed by atoms with E-state index in [0.29, 0.717) is 0 Å². The van der Waals surface area contributed by atoms with Crippen molar-refractivity contribution in [1.82, 2.24) is 14.8 Å². The summed E-state index contributed by atoms with van der Waals surface area (Å²) in [5.74, 6) is 1.82. The molecule has 2 rings (SSSR count). The Hall–Kier alpha value is -1.39. The molecule has 1 aromatic rings. The van der Waals surface area contributed by atoms with Gasteiger partial charge in [-0.3, -0.25) is 4.79 Å². The van der Waals surface area contributed by atoms with Gasteiger partial charge in [0.1, 0.15) is 11.6 Å². The monoisotopic (exact) mass is 209 g/mol. The molecule has 15 heavy (non-hydrogen) atoms. The number of hydrogen-bond acceptors (Lipinski definition) is 4. The van der Waals surface area contributed by atoms with Gasteiger partial charge in [-0.1, -0.05) is 0 Å². The summed E-state index contributed by atoms with van der Waals surface area (Å²) in [5.41, 5.74) is 0. The molecular weight excluding hydrogens is 194 g/mol. The van der Waals surface area contributed by atoms with Crippen LogP contribution in [-0.2, 0) is 22.5 Å². The highest BCUT2D eigenvalue weighted by molar-refractivity contribution is 5.72. The fourth-order valence-electron chi connectivity index (χ4n) is 2.04. The molecule has 0 saturated carbocycles. The van der Waals surface area contributed by atoms with Crippen LogP contribution in [-0.4, -0.2) is 27.8 Å². The van der Waals surface area contributed by atoms with Crippen molar-refractivity contribution in [2.24, 2.45) is 5.92 Å². The zero-order chi connectivity index (χ0) is 10.8. The SMILES string of the molecule is COC(=O)C1CCc2nnc(C)n2CC1. The Morgan fingerprint density at radius 1 is 1.47 bits per heavy atom. The third-order valence-electron chi connectivity index (χ3n) is 2.96. The second-order valence-corrected chi connectivity index (χ2v) is 3.86. The molecule has 0 fully saturated rings. The van der Waals surface area contributed by atoms with Crippen molar-refractivity contribution in [3.63, 3.8) is 0 Å². The number of aryl methyl sites for hydroxylation is 2. The van der Waals surface area contributed by atoms with Gasteiger partial charge in [0.25, 0.3) is 0 Å². The molecule has 0 radical (unpaired) electrons. The summed E-state index contributed by atoms with van der Waals surface area (Å²) in [6.45, 7) is 2.75. The lowest BCUT2D eigenvalue weighted by Crippen LogP contribution is -2.16. The maximum Gasteiger partial charge on any atom is 0.308 e. The summed E-state index contributed by atoms with van der Waals surface area (Å²) >= 11 is 0. The topological polar surface area (TPSA) is 57.0 Å². The van der Waals surface area contributed by atoms with E-state index in [1.54, 1.807) is 0 Å². The van der Waals surface area contributed by atoms with E-state index in [2.05, 4.69) is 14.8 Å². The average molecular weight is 209 g/mol. The maximum atomic E-state index is 11.4. The van der Waals surface area contributed by atoms with Gasteiger partial charge in [0, 0.05) is 13.0 Å². The number of rotatable bonds is 1. The van der Waals surface area contributed by atoms with E-state index in [-0.39, 0.29) is 11.9 Å². The van der Waals surface area contributed by atoms with Crippen molar-refractivity contribution in [2.45, 2.75) is 32.7 Å². The number of fused-ring (bicyclic) bond motifs is 1. The zero-order valence-corrected chi connectivity index (χ0v) is 9.06. The molecule has 1 unspecified atom stereocenters. The lowest BCUT2D eigenvalue weighted by molar-refractivity contribution is -0.145. The summed E-state index contributed by atoms with van der Waals surface area (Å²) in [5, 5.41) is 8.12. The second kappa shape index (κ2) is 4.00. The summed E-state index contributed by atoms with van der Waals surface area (Å²) in [6, 6.07) is 0. The number of nitrogens with zero attached hydrogens (tertiary/aromatic N) is 3. The molecular formula is C10H15N3O2. The number of methoxy groups -OCH3 is 1. The number of hydrogen-bond donors (Lipinski definition) is 0. The van der Waals surface area contributed by atoms with E-state index in [1.807, 2.05) is 6.92 Å². The molecule has 1 atom stereocenters. The Morgan fingerprint density at radius 3 is 3.00 bits per heavy atom. The summed E-state index contributed by atoms with van der Waals surface area (Å²) in [4.78, 5) is 11.4. The standard InChI is InChI=1S/C10H15N3O2/c1-7-11-12-9-4-3-8(10(14)15-2)5-6-13(7)9/h8H,3-6H2,1-2H3. The number of esters is 1. The first-order chi connectivity index (χ1) is 7.22. The van der Waals surface area contributed by atoms with Gasteiger partial charge >= 0.3 is 5.97 Å². The van der Waals surface area contributed by atoms with Gasteiger partial charge in [0.2, 0.25) is 0 Å². The van der Waals surface area contributed by atoms with Gasteiger partial charge in [0.15, 0.2) is 0 Å². The van der Waals surface area contributed by atoms with Gasteiger partial charge in [-0.15, -0.1) is 10.2 Å². The zero-order valence-electron chi connectivity index (χ0n) is 9.06. The number of carbonyl (C=O) groups excluding carboxylic acids is 1. The molecule has 0 aliphatic carbocycles. The minimum Gasteiger partial charge on any atom is -0.469 e. The molecule has 1 aliphatic heterocycles. The van der Waals surface area contributed by atoms with E-state index in [4.69, 9.17) is 4.74 Å². The van der Waals surface area contributed by atoms with Gasteiger partial charge < -0.3 is 9.30 Å². The Kier molecular flexibility index (Phi) is 2.70. The van der Waals surface area contributed by atoms with Gasteiger partial charge in [-0.25, -0.2) is 0 Å². The quantitative estimate of drug-likeness (QED) is 0.639. The lowest BCUT2D eigenvalue weighted by Gasteiger charge is -2.10. The Bertz CT molecular complexity index is 373. The first-order valence-corrected chi connectivity index (χ1v) is 5.19. The lowest BCUT2D eigenvalue weighted by atomic mass is 10.0. The predicted octanol–water partition coefficient (Wildman–Crippen LogP) is 0.712. The van der Waals surface area contributed by atoms with Crippen molar-refractivity contribution in [3.8, 4) is 0 Å². The van der Waals surface area contributed by atoms with Gasteiger partial charge in [-0.2, -0.15) is 0 Å². The average Bonchev–Trinajstić information content (AvgIpc) is 2.50. The summed E-state index contributed by atoms with van der Waals surface area (Å²) < 4.78 is 6.85. The minimum absolute atomic E-state index is 0.0103. The van der Waals surface area contributed by atoms with Crippen LogP contribution < -0.4 is 0 Å². The highest BCUT2D eigenvalue weighted by Crippen LogP contribution is 2.20. The molecule has 0 saturated heterocycles. The number of ether oxygens (including phenoxy) is 1. The fourth-order valence-corrected chi connectivity index (χ4v) is 2.04. The van der Waals surface area contributed by atoms with Crippen LogP contribution in [0.5, 0.6) is 0 Å². The Labute approximate surface area is 88.4 Å². The Morgan fingerprint density at radius 2 is 2.27 bits per heavy atom. The van der Waals surface area contributed by atoms with Crippen LogP contribution in [0.25, 0.3) is 0 Å². The molecule has 0 spiro atoms. The highest BCUT2D eigenvalue weighted by Gasteiger charge is 2.24. The van der Waals surface area contributed by atoms with Crippen molar-refractivity contribution < 1.29 is 9.53 Å². The van der Waals surface area contributed by atoms with E-state index in [0.717, 1.165) is 37.5 Å². The third-order valence-corrected chi connectivity index (χ3v) is 2.96. The molecule has 5 nitrogen and oxygen atoms in total. The first kappa shape index (κ1) is 10.1. The summed E-state index contributed by atoms with van der Waals surface area (Å²) in [6.07, 6.45) is 2.43. The normalized spacial score (nSPS) is 20.5. The molecule has 5 heteroatoms. The fraction of sp³-hybridized carbons (Fsp3) is 0.700. The van der Waals surface area contributed by atoms with Crippen LogP contribution in [0.1, 0.15) is 24.5 Å². The molecule has 0 bridgehead atoms. The van der Waals surface area contributed by atoms with Gasteiger partial charge in [0.05, 0.1) is 13.0 Å². The van der Waals surface area contributed by atoms with Crippen molar-refractivity contribution in [2.75, 3.05) is 7.11 Å². The Balaban J connectivity index is 2.12. The van der Waals surface area contributed by atoms with Crippen LogP contribution in [0.2, 0.25) is 0 Å². The third kappa shape index (κ3) is 1.86. The minimum atomic E-state index is -0.105. The molecule has 0 N–H and O–H groups in total. The van der Waals surface area contributed by atoms with Crippen molar-refractivity contribution in [1.29, 1.82) is 0 Å². The van der Waals surface area contributed by atoms with Crippen LogP contribution >= 0.6 is 0 Å². The predicted molar refractivity (Wildman–Crippen MR) is 53.2 cm³/mol. The van der Waals surface area contributed by atoms with E-state index in [9.17, 15) is 4.79 Å². The maximum absolute atomic E-state index is 11.4. The number of aromatic nitrogens is 3. The highest BCUT2D eigenvalue weighted by atomic mass is 16.5. The second-order valence-electron chi connectivity index (χ2n) is 3.86. The molecule has 82 valence electrons. The van der Waals surface area contributed by atoms with Crippen molar-refractivity contribution in [3.05, 3.63) is 11.6 Å².